The third-order valence-electron chi connectivity index (χ3n) is 4.75. The van der Waals surface area contributed by atoms with Gasteiger partial charge in [-0.3, -0.25) is 0 Å². The highest BCUT2D eigenvalue weighted by molar-refractivity contribution is 14.1. The third-order valence-corrected chi connectivity index (χ3v) is 6.27. The zero-order chi connectivity index (χ0) is 22.0. The van der Waals surface area contributed by atoms with Crippen molar-refractivity contribution in [3.05, 3.63) is 48.5 Å². The molecule has 0 bridgehead atoms. The zero-order valence-corrected chi connectivity index (χ0v) is 20.0. The normalized spacial score (nSPS) is 15.1. The lowest BCUT2D eigenvalue weighted by molar-refractivity contribution is 0.0591. The lowest BCUT2D eigenvalue weighted by atomic mass is 10.1. The Kier molecular flexibility index (Phi) is 7.41. The van der Waals surface area contributed by atoms with E-state index in [-0.39, 0.29) is 11.1 Å². The Morgan fingerprint density at radius 1 is 0.933 bits per heavy atom. The number of hydrogen-bond acceptors (Lipinski definition) is 7. The van der Waals surface area contributed by atoms with Crippen molar-refractivity contribution in [1.29, 1.82) is 0 Å². The Bertz CT molecular complexity index is 915. The minimum absolute atomic E-state index is 0.284. The van der Waals surface area contributed by atoms with Crippen LogP contribution < -0.4 is 5.73 Å². The maximum absolute atomic E-state index is 11.5. The summed E-state index contributed by atoms with van der Waals surface area (Å²) in [6.07, 6.45) is 4.37. The van der Waals surface area contributed by atoms with Crippen molar-refractivity contribution in [1.82, 2.24) is 9.97 Å². The van der Waals surface area contributed by atoms with Crippen LogP contribution >= 0.6 is 45.8 Å². The first-order valence-electron chi connectivity index (χ1n) is 9.25. The van der Waals surface area contributed by atoms with Crippen LogP contribution in [0.5, 0.6) is 0 Å². The van der Waals surface area contributed by atoms with E-state index in [2.05, 4.69) is 37.3 Å². The van der Waals surface area contributed by atoms with Crippen molar-refractivity contribution in [3.8, 4) is 0 Å². The van der Waals surface area contributed by atoms with E-state index in [1.54, 1.807) is 6.07 Å². The summed E-state index contributed by atoms with van der Waals surface area (Å²) in [7, 11) is 2.68. The van der Waals surface area contributed by atoms with E-state index in [1.165, 1.54) is 20.3 Å². The Morgan fingerprint density at radius 2 is 1.37 bits per heavy atom. The predicted octanol–water partition coefficient (Wildman–Crippen LogP) is 4.98. The van der Waals surface area contributed by atoms with Crippen LogP contribution in [0.3, 0.4) is 0 Å². The topological polar surface area (TPSA) is 104 Å². The number of carbonyl (C=O) groups is 2. The molecule has 160 valence electrons. The molecule has 30 heavy (non-hydrogen) atoms. The minimum atomic E-state index is -0.473. The van der Waals surface area contributed by atoms with Crippen LogP contribution in [0.2, 0.25) is 10.3 Å². The summed E-state index contributed by atoms with van der Waals surface area (Å²) in [6.45, 7) is 0. The largest absolute Gasteiger partial charge is 0.465 e. The van der Waals surface area contributed by atoms with E-state index in [9.17, 15) is 9.59 Å². The van der Waals surface area contributed by atoms with Gasteiger partial charge in [-0.15, -0.1) is 0 Å². The predicted molar refractivity (Wildman–Crippen MR) is 122 cm³/mol. The lowest BCUT2D eigenvalue weighted by Crippen LogP contribution is -2.09. The van der Waals surface area contributed by atoms with E-state index >= 15 is 0 Å². The Balaban J connectivity index is 0.000000171. The van der Waals surface area contributed by atoms with Crippen molar-refractivity contribution >= 4 is 63.4 Å². The Labute approximate surface area is 197 Å². The van der Waals surface area contributed by atoms with Gasteiger partial charge in [0.25, 0.3) is 0 Å². The van der Waals surface area contributed by atoms with Gasteiger partial charge < -0.3 is 15.2 Å². The second kappa shape index (κ2) is 9.65. The second-order valence-corrected chi connectivity index (χ2v) is 8.87. The molecular weight excluding hydrogens is 544 g/mol. The molecule has 2 saturated carbocycles. The molecule has 0 aromatic carbocycles. The fraction of sp³-hybridized carbons (Fsp3) is 0.400. The van der Waals surface area contributed by atoms with Crippen LogP contribution in [0.25, 0.3) is 0 Å². The molecule has 7 nitrogen and oxygen atoms in total. The number of aromatic nitrogens is 2. The van der Waals surface area contributed by atoms with Crippen LogP contribution in [-0.4, -0.2) is 36.1 Å². The van der Waals surface area contributed by atoms with E-state index < -0.39 is 5.97 Å². The van der Waals surface area contributed by atoms with Gasteiger partial charge in [0.1, 0.15) is 10.3 Å². The molecule has 2 aliphatic rings. The van der Waals surface area contributed by atoms with Gasteiger partial charge in [0, 0.05) is 15.4 Å². The molecular formula is C20H20Cl2IN3O4. The molecule has 0 radical (unpaired) electrons. The number of nitrogens with two attached hydrogens (primary N) is 1. The highest BCUT2D eigenvalue weighted by atomic mass is 127. The number of nitrogen functional groups attached to an aromatic ring is 1. The highest BCUT2D eigenvalue weighted by Crippen LogP contribution is 2.43. The van der Waals surface area contributed by atoms with Crippen LogP contribution in [0.15, 0.2) is 12.1 Å². The van der Waals surface area contributed by atoms with Gasteiger partial charge in [-0.25, -0.2) is 19.6 Å². The summed E-state index contributed by atoms with van der Waals surface area (Å²) in [4.78, 5) is 31.3. The average molecular weight is 564 g/mol. The van der Waals surface area contributed by atoms with Gasteiger partial charge in [0.2, 0.25) is 0 Å². The first kappa shape index (κ1) is 23.0. The van der Waals surface area contributed by atoms with E-state index in [4.69, 9.17) is 33.7 Å². The number of esters is 2. The molecule has 0 aliphatic heterocycles. The van der Waals surface area contributed by atoms with E-state index in [1.807, 2.05) is 0 Å². The van der Waals surface area contributed by atoms with Gasteiger partial charge in [0.15, 0.2) is 0 Å². The molecule has 2 aliphatic carbocycles. The van der Waals surface area contributed by atoms with Crippen LogP contribution in [-0.2, 0) is 9.47 Å². The quantitative estimate of drug-likeness (QED) is 0.317. The van der Waals surface area contributed by atoms with Crippen molar-refractivity contribution in [2.75, 3.05) is 20.0 Å². The Morgan fingerprint density at radius 3 is 1.87 bits per heavy atom. The zero-order valence-electron chi connectivity index (χ0n) is 16.4. The van der Waals surface area contributed by atoms with E-state index in [0.717, 1.165) is 40.6 Å². The maximum atomic E-state index is 11.5. The molecule has 0 spiro atoms. The number of pyridine rings is 2. The van der Waals surface area contributed by atoms with Gasteiger partial charge in [-0.05, 0) is 60.4 Å². The number of hydrogen-bond donors (Lipinski definition) is 1. The molecule has 0 unspecified atom stereocenters. The fourth-order valence-corrected chi connectivity index (χ4v) is 4.23. The summed E-state index contributed by atoms with van der Waals surface area (Å²) in [5.74, 6) is -0.00425. The number of ether oxygens (including phenoxy) is 2. The molecule has 0 atom stereocenters. The molecule has 0 saturated heterocycles. The lowest BCUT2D eigenvalue weighted by Gasteiger charge is -2.08. The maximum Gasteiger partial charge on any atom is 0.340 e. The first-order valence-corrected chi connectivity index (χ1v) is 11.1. The monoisotopic (exact) mass is 563 g/mol. The molecule has 2 aromatic heterocycles. The molecule has 2 fully saturated rings. The van der Waals surface area contributed by atoms with Gasteiger partial charge in [-0.1, -0.05) is 23.2 Å². The van der Waals surface area contributed by atoms with Gasteiger partial charge in [0.05, 0.1) is 42.4 Å². The molecule has 0 amide bonds. The summed E-state index contributed by atoms with van der Waals surface area (Å²) >= 11 is 13.8. The number of anilines is 1. The molecule has 4 rings (SSSR count). The second-order valence-electron chi connectivity index (χ2n) is 7.01. The van der Waals surface area contributed by atoms with Crippen LogP contribution in [0.4, 0.5) is 5.69 Å². The molecule has 2 N–H and O–H groups in total. The molecule has 10 heteroatoms. The SMILES string of the molecule is COC(=O)c1cc(Cl)nc(C2CC2)c1I.COC(=O)c1cc(Cl)nc(C2CC2)c1N. The van der Waals surface area contributed by atoms with Crippen molar-refractivity contribution in [2.45, 2.75) is 37.5 Å². The number of nitrogens with zero attached hydrogens (tertiary/aromatic N) is 2. The smallest absolute Gasteiger partial charge is 0.340 e. The van der Waals surface area contributed by atoms with E-state index in [0.29, 0.717) is 33.8 Å². The standard InChI is InChI=1S/C10H9ClINO2.C10H11ClN2O2/c2*1-15-10(14)6-4-7(11)13-9(8(6)12)5-2-3-5/h4-5H,2-3H2,1H3;4-5H,2-3,12H2,1H3. The van der Waals surface area contributed by atoms with Crippen molar-refractivity contribution in [3.63, 3.8) is 0 Å². The summed E-state index contributed by atoms with van der Waals surface area (Å²) in [6, 6.07) is 3.00. The van der Waals surface area contributed by atoms with Crippen molar-refractivity contribution in [2.24, 2.45) is 0 Å². The summed E-state index contributed by atoms with van der Waals surface area (Å²) in [5.41, 5.74) is 8.72. The first-order chi connectivity index (χ1) is 14.3. The number of rotatable bonds is 4. The molecule has 2 aromatic rings. The number of carbonyl (C=O) groups excluding carboxylic acids is 2. The van der Waals surface area contributed by atoms with Gasteiger partial charge in [-0.2, -0.15) is 0 Å². The minimum Gasteiger partial charge on any atom is -0.465 e. The summed E-state index contributed by atoms with van der Waals surface area (Å²) in [5, 5.41) is 0.643. The molecule has 2 heterocycles. The van der Waals surface area contributed by atoms with Crippen molar-refractivity contribution < 1.29 is 19.1 Å². The fourth-order valence-electron chi connectivity index (χ4n) is 2.89. The third kappa shape index (κ3) is 5.33. The average Bonchev–Trinajstić information content (AvgIpc) is 3.63. The van der Waals surface area contributed by atoms with Crippen LogP contribution in [0, 0.1) is 3.57 Å². The number of methoxy groups -OCH3 is 2. The van der Waals surface area contributed by atoms with Gasteiger partial charge >= 0.3 is 11.9 Å². The highest BCUT2D eigenvalue weighted by Gasteiger charge is 2.31. The Hall–Kier alpha value is -1.65. The van der Waals surface area contributed by atoms with Crippen LogP contribution in [0.1, 0.15) is 69.6 Å². The number of halogens is 3. The summed E-state index contributed by atoms with van der Waals surface area (Å²) < 4.78 is 10.2.